The molecule has 3 fully saturated rings. The molecule has 5 heterocycles. The first kappa shape index (κ1) is 32.5. The number of aryl methyl sites for hydroxylation is 1. The van der Waals surface area contributed by atoms with E-state index in [1.54, 1.807) is 34.7 Å². The van der Waals surface area contributed by atoms with Crippen molar-refractivity contribution in [2.75, 3.05) is 31.1 Å². The van der Waals surface area contributed by atoms with Crippen molar-refractivity contribution in [3.63, 3.8) is 0 Å². The molecule has 3 aliphatic rings. The second-order valence-corrected chi connectivity index (χ2v) is 14.7. The lowest BCUT2D eigenvalue weighted by molar-refractivity contribution is -0.137. The second kappa shape index (κ2) is 11.7. The maximum atomic E-state index is 14.5. The van der Waals surface area contributed by atoms with Gasteiger partial charge in [0.05, 0.1) is 50.0 Å². The smallest absolute Gasteiger partial charge is 0.368 e. The van der Waals surface area contributed by atoms with Gasteiger partial charge in [0.25, 0.3) is 5.56 Å². The zero-order valence-corrected chi connectivity index (χ0v) is 28.6. The van der Waals surface area contributed by atoms with Gasteiger partial charge in [0.1, 0.15) is 11.9 Å². The first-order valence-corrected chi connectivity index (χ1v) is 17.3. The number of Topliss-reactive ketones (excluding diaryl/α,β-unsaturated/α-hetero) is 1. The van der Waals surface area contributed by atoms with Crippen molar-refractivity contribution in [1.82, 2.24) is 19.4 Å². The lowest BCUT2D eigenvalue weighted by Gasteiger charge is -2.61. The number of benzene rings is 2. The number of pyridine rings is 1. The molecule has 252 valence electrons. The van der Waals surface area contributed by atoms with E-state index in [4.69, 9.17) is 11.6 Å². The Morgan fingerprint density at radius 3 is 2.58 bits per heavy atom. The molecule has 2 aliphatic heterocycles. The standard InChI is InChI=1S/C37H28ClF3N6O2S/c1-20(48)28-15-50-34-25(9-10-43-32(28)34)26-12-23(38)6-5-22(26)4-3-11-47-21(2)44-30-13-29(37(39,40)41)33(27(14-42)31(30)35(47)49)46-18-36(19-46)16-45(17-36)24-7-8-24/h5-6,9-10,12-13,15,24H,7-8,11,16-19H2,1-2H3. The molecule has 8 nitrogen and oxygen atoms in total. The number of halogens is 4. The lowest BCUT2D eigenvalue weighted by Crippen LogP contribution is -2.72. The molecular weight excluding hydrogens is 685 g/mol. The van der Waals surface area contributed by atoms with Gasteiger partial charge in [-0.25, -0.2) is 4.98 Å². The third kappa shape index (κ3) is 5.34. The van der Waals surface area contributed by atoms with Gasteiger partial charge >= 0.3 is 6.18 Å². The van der Waals surface area contributed by atoms with Gasteiger partial charge in [0.15, 0.2) is 5.78 Å². The van der Waals surface area contributed by atoms with Crippen LogP contribution in [0, 0.1) is 35.5 Å². The fraction of sp³-hybridized carbons (Fsp3) is 0.324. The Kier molecular flexibility index (Phi) is 7.57. The predicted octanol–water partition coefficient (Wildman–Crippen LogP) is 7.06. The van der Waals surface area contributed by atoms with Gasteiger partial charge in [-0.15, -0.1) is 11.3 Å². The number of nitrogens with zero attached hydrogens (tertiary/aromatic N) is 6. The van der Waals surface area contributed by atoms with E-state index in [-0.39, 0.29) is 45.7 Å². The van der Waals surface area contributed by atoms with Crippen LogP contribution in [0.3, 0.4) is 0 Å². The summed E-state index contributed by atoms with van der Waals surface area (Å²) in [6.07, 6.45) is -0.797. The number of ketones is 1. The molecule has 3 aromatic heterocycles. The molecular formula is C37H28ClF3N6O2S. The van der Waals surface area contributed by atoms with Gasteiger partial charge in [0.2, 0.25) is 0 Å². The van der Waals surface area contributed by atoms with E-state index >= 15 is 0 Å². The third-order valence-electron chi connectivity index (χ3n) is 9.90. The minimum absolute atomic E-state index is 0.0871. The van der Waals surface area contributed by atoms with Crippen molar-refractivity contribution in [2.24, 2.45) is 5.41 Å². The monoisotopic (exact) mass is 712 g/mol. The number of fused-ring (bicyclic) bond motifs is 2. The Bertz CT molecular complexity index is 2440. The summed E-state index contributed by atoms with van der Waals surface area (Å²) in [7, 11) is 0. The van der Waals surface area contributed by atoms with Gasteiger partial charge < -0.3 is 4.90 Å². The van der Waals surface area contributed by atoms with Gasteiger partial charge in [-0.2, -0.15) is 18.4 Å². The van der Waals surface area contributed by atoms with Gasteiger partial charge in [-0.05, 0) is 57.0 Å². The van der Waals surface area contributed by atoms with Crippen molar-refractivity contribution in [1.29, 1.82) is 5.26 Å². The summed E-state index contributed by atoms with van der Waals surface area (Å²) in [5.74, 6) is 6.23. The average Bonchev–Trinajstić information content (AvgIpc) is 3.77. The summed E-state index contributed by atoms with van der Waals surface area (Å²) in [6, 6.07) is 10.5. The van der Waals surface area contributed by atoms with Crippen LogP contribution in [-0.2, 0) is 12.7 Å². The quantitative estimate of drug-likeness (QED) is 0.142. The maximum absolute atomic E-state index is 14.5. The molecule has 0 bridgehead atoms. The fourth-order valence-electron chi connectivity index (χ4n) is 7.41. The Hall–Kier alpha value is -4.75. The van der Waals surface area contributed by atoms with E-state index in [0.717, 1.165) is 42.3 Å². The van der Waals surface area contributed by atoms with Crippen molar-refractivity contribution >= 4 is 55.5 Å². The molecule has 0 atom stereocenters. The highest BCUT2D eigenvalue weighted by Gasteiger charge is 2.56. The van der Waals surface area contributed by atoms with Crippen LogP contribution in [-0.4, -0.2) is 57.4 Å². The summed E-state index contributed by atoms with van der Waals surface area (Å²) in [4.78, 5) is 38.9. The Balaban J connectivity index is 1.17. The molecule has 8 rings (SSSR count). The number of aromatic nitrogens is 3. The van der Waals surface area contributed by atoms with Crippen LogP contribution in [0.2, 0.25) is 5.02 Å². The largest absolute Gasteiger partial charge is 0.418 e. The van der Waals surface area contributed by atoms with Crippen LogP contribution >= 0.6 is 22.9 Å². The summed E-state index contributed by atoms with van der Waals surface area (Å²) < 4.78 is 45.6. The number of nitriles is 1. The Morgan fingerprint density at radius 1 is 1.14 bits per heavy atom. The molecule has 0 amide bonds. The van der Waals surface area contributed by atoms with Crippen molar-refractivity contribution < 1.29 is 18.0 Å². The van der Waals surface area contributed by atoms with E-state index in [1.165, 1.54) is 29.8 Å². The number of rotatable bonds is 5. The van der Waals surface area contributed by atoms with E-state index in [0.29, 0.717) is 46.4 Å². The zero-order chi connectivity index (χ0) is 35.1. The van der Waals surface area contributed by atoms with E-state index in [9.17, 15) is 28.0 Å². The number of alkyl halides is 3. The number of anilines is 1. The topological polar surface area (TPSA) is 95.1 Å². The lowest BCUT2D eigenvalue weighted by atomic mass is 9.72. The van der Waals surface area contributed by atoms with Crippen molar-refractivity contribution in [3.05, 3.63) is 85.4 Å². The van der Waals surface area contributed by atoms with Crippen LogP contribution < -0.4 is 10.5 Å². The molecule has 50 heavy (non-hydrogen) atoms. The minimum Gasteiger partial charge on any atom is -0.368 e. The number of carbonyl (C=O) groups excluding carboxylic acids is 1. The number of carbonyl (C=O) groups is 1. The van der Waals surface area contributed by atoms with Crippen molar-refractivity contribution in [3.8, 4) is 29.0 Å². The Labute approximate surface area is 293 Å². The normalized spacial score (nSPS) is 16.9. The zero-order valence-electron chi connectivity index (χ0n) is 27.0. The molecule has 2 saturated heterocycles. The SMILES string of the molecule is CC(=O)c1csc2c(-c3cc(Cl)ccc3C#CCn3c(C)nc4cc(C(F)(F)F)c(N5CC6(C5)CN(C5CC5)C6)c(C#N)c4c3=O)ccnc12. The van der Waals surface area contributed by atoms with Crippen LogP contribution in [0.1, 0.15) is 52.6 Å². The highest BCUT2D eigenvalue weighted by molar-refractivity contribution is 7.18. The molecule has 5 aromatic rings. The van der Waals surface area contributed by atoms with Gasteiger partial charge in [-0.1, -0.05) is 23.4 Å². The van der Waals surface area contributed by atoms with Crippen molar-refractivity contribution in [2.45, 2.75) is 45.5 Å². The molecule has 2 aromatic carbocycles. The molecule has 0 N–H and O–H groups in total. The van der Waals surface area contributed by atoms with E-state index in [2.05, 4.69) is 26.7 Å². The first-order valence-electron chi connectivity index (χ1n) is 16.1. The number of likely N-dealkylation sites (tertiary alicyclic amines) is 1. The highest BCUT2D eigenvalue weighted by atomic mass is 35.5. The fourth-order valence-corrected chi connectivity index (χ4v) is 8.68. The summed E-state index contributed by atoms with van der Waals surface area (Å²) in [5, 5.41) is 12.4. The van der Waals surface area contributed by atoms with E-state index < -0.39 is 17.3 Å². The summed E-state index contributed by atoms with van der Waals surface area (Å²) in [6.45, 7) is 5.36. The van der Waals surface area contributed by atoms with Gasteiger partial charge in [-0.3, -0.25) is 24.0 Å². The minimum atomic E-state index is -4.75. The Morgan fingerprint density at radius 2 is 1.90 bits per heavy atom. The molecule has 1 saturated carbocycles. The number of hydrogen-bond acceptors (Lipinski definition) is 8. The third-order valence-corrected chi connectivity index (χ3v) is 11.1. The predicted molar refractivity (Wildman–Crippen MR) is 187 cm³/mol. The number of thiophene rings is 1. The van der Waals surface area contributed by atoms with Crippen LogP contribution in [0.15, 0.2) is 46.7 Å². The summed E-state index contributed by atoms with van der Waals surface area (Å²) in [5.41, 5.74) is 0.815. The maximum Gasteiger partial charge on any atom is 0.418 e. The number of hydrogen-bond donors (Lipinski definition) is 0. The molecule has 1 aliphatic carbocycles. The van der Waals surface area contributed by atoms with Crippen LogP contribution in [0.5, 0.6) is 0 Å². The average molecular weight is 713 g/mol. The molecule has 0 unspecified atom stereocenters. The van der Waals surface area contributed by atoms with Gasteiger partial charge in [0, 0.05) is 70.9 Å². The van der Waals surface area contributed by atoms with E-state index in [1.807, 2.05) is 12.1 Å². The first-order chi connectivity index (χ1) is 23.9. The molecule has 13 heteroatoms. The second-order valence-electron chi connectivity index (χ2n) is 13.4. The highest BCUT2D eigenvalue weighted by Crippen LogP contribution is 2.50. The molecule has 1 spiro atoms. The van der Waals surface area contributed by atoms with Crippen LogP contribution in [0.25, 0.3) is 32.2 Å². The molecule has 0 radical (unpaired) electrons. The summed E-state index contributed by atoms with van der Waals surface area (Å²) >= 11 is 7.79. The van der Waals surface area contributed by atoms with Crippen LogP contribution in [0.4, 0.5) is 18.9 Å².